The molecule has 6 heteroatoms. The van der Waals surface area contributed by atoms with Gasteiger partial charge >= 0.3 is 0 Å². The molecular formula is C22H29N5O. The number of nitrogens with zero attached hydrogens (tertiary/aromatic N) is 2. The minimum Gasteiger partial charge on any atom is -0.478 e. The minimum absolute atomic E-state index is 0.660. The molecule has 0 aliphatic rings. The normalized spacial score (nSPS) is 11.6. The number of H-pyrrole nitrogens is 1. The van der Waals surface area contributed by atoms with Gasteiger partial charge in [0.05, 0.1) is 6.61 Å². The summed E-state index contributed by atoms with van der Waals surface area (Å²) in [5.41, 5.74) is 4.85. The molecule has 1 aromatic carbocycles. The Labute approximate surface area is 166 Å². The van der Waals surface area contributed by atoms with Gasteiger partial charge in [-0.15, -0.1) is 0 Å². The fourth-order valence-corrected chi connectivity index (χ4v) is 3.18. The molecule has 0 bridgehead atoms. The first kappa shape index (κ1) is 19.7. The molecule has 0 saturated heterocycles. The van der Waals surface area contributed by atoms with Gasteiger partial charge in [-0.2, -0.15) is 0 Å². The van der Waals surface area contributed by atoms with Crippen LogP contribution in [-0.4, -0.2) is 36.1 Å². The molecule has 3 aromatic rings. The number of aryl methyl sites for hydroxylation is 1. The third kappa shape index (κ3) is 5.03. The van der Waals surface area contributed by atoms with Crippen molar-refractivity contribution in [2.24, 2.45) is 4.99 Å². The number of rotatable bonds is 8. The molecule has 6 nitrogen and oxygen atoms in total. The van der Waals surface area contributed by atoms with Gasteiger partial charge in [0.1, 0.15) is 0 Å². The van der Waals surface area contributed by atoms with Crippen molar-refractivity contribution >= 4 is 16.9 Å². The van der Waals surface area contributed by atoms with E-state index in [0.29, 0.717) is 19.0 Å². The zero-order chi connectivity index (χ0) is 19.8. The maximum Gasteiger partial charge on any atom is 0.213 e. The number of aromatic amines is 1. The summed E-state index contributed by atoms with van der Waals surface area (Å²) in [5, 5.41) is 8.01. The topological polar surface area (TPSA) is 74.3 Å². The number of ether oxygens (including phenoxy) is 1. The van der Waals surface area contributed by atoms with E-state index in [4.69, 9.17) is 4.74 Å². The summed E-state index contributed by atoms with van der Waals surface area (Å²) in [6.07, 6.45) is 3.74. The van der Waals surface area contributed by atoms with Crippen molar-refractivity contribution in [1.82, 2.24) is 20.6 Å². The molecule has 3 N–H and O–H groups in total. The summed E-state index contributed by atoms with van der Waals surface area (Å²) in [5.74, 6) is 1.45. The summed E-state index contributed by atoms with van der Waals surface area (Å²) in [6.45, 7) is 6.37. The van der Waals surface area contributed by atoms with Gasteiger partial charge in [-0.05, 0) is 37.0 Å². The third-order valence-electron chi connectivity index (χ3n) is 4.63. The number of guanidine groups is 1. The highest BCUT2D eigenvalue weighted by atomic mass is 16.5. The van der Waals surface area contributed by atoms with Crippen LogP contribution >= 0.6 is 0 Å². The van der Waals surface area contributed by atoms with Gasteiger partial charge < -0.3 is 20.4 Å². The lowest BCUT2D eigenvalue weighted by atomic mass is 10.1. The molecular weight excluding hydrogens is 350 g/mol. The molecule has 0 radical (unpaired) electrons. The molecule has 2 aromatic heterocycles. The summed E-state index contributed by atoms with van der Waals surface area (Å²) in [4.78, 5) is 12.1. The fourth-order valence-electron chi connectivity index (χ4n) is 3.18. The monoisotopic (exact) mass is 379 g/mol. The summed E-state index contributed by atoms with van der Waals surface area (Å²) in [6, 6.07) is 12.4. The molecule has 28 heavy (non-hydrogen) atoms. The molecule has 0 atom stereocenters. The van der Waals surface area contributed by atoms with E-state index in [1.54, 1.807) is 7.05 Å². The van der Waals surface area contributed by atoms with Crippen molar-refractivity contribution in [1.29, 1.82) is 0 Å². The van der Waals surface area contributed by atoms with Crippen molar-refractivity contribution in [3.63, 3.8) is 0 Å². The predicted octanol–water partition coefficient (Wildman–Crippen LogP) is 3.57. The minimum atomic E-state index is 0.660. The van der Waals surface area contributed by atoms with Crippen LogP contribution in [-0.2, 0) is 13.0 Å². The number of aromatic nitrogens is 2. The van der Waals surface area contributed by atoms with Crippen LogP contribution in [0.15, 0.2) is 47.6 Å². The Morgan fingerprint density at radius 2 is 2.04 bits per heavy atom. The molecule has 2 heterocycles. The standard InChI is InChI=1S/C22H29N5O/c1-4-13-28-21-10-9-17(14-25-21)15-26-22(23-3)24-12-11-18-16(2)27-20-8-6-5-7-19(18)20/h5-10,14,27H,4,11-13,15H2,1-3H3,(H2,23,24,26). The number of hydrogen-bond donors (Lipinski definition) is 3. The van der Waals surface area contributed by atoms with Crippen molar-refractivity contribution in [2.45, 2.75) is 33.2 Å². The van der Waals surface area contributed by atoms with Crippen LogP contribution in [0.1, 0.15) is 30.2 Å². The lowest BCUT2D eigenvalue weighted by Gasteiger charge is -2.12. The number of hydrogen-bond acceptors (Lipinski definition) is 3. The van der Waals surface area contributed by atoms with Gasteiger partial charge in [0, 0.05) is 49.0 Å². The molecule has 0 amide bonds. The van der Waals surface area contributed by atoms with Crippen molar-refractivity contribution in [3.05, 3.63) is 59.4 Å². The van der Waals surface area contributed by atoms with E-state index in [1.807, 2.05) is 18.3 Å². The second-order valence-electron chi connectivity index (χ2n) is 6.73. The van der Waals surface area contributed by atoms with Crippen LogP contribution < -0.4 is 15.4 Å². The highest BCUT2D eigenvalue weighted by Crippen LogP contribution is 2.21. The van der Waals surface area contributed by atoms with E-state index in [9.17, 15) is 0 Å². The number of benzene rings is 1. The number of aliphatic imine (C=N–C) groups is 1. The van der Waals surface area contributed by atoms with Gasteiger partial charge in [-0.3, -0.25) is 4.99 Å². The zero-order valence-electron chi connectivity index (χ0n) is 16.9. The number of fused-ring (bicyclic) bond motifs is 1. The van der Waals surface area contributed by atoms with Crippen LogP contribution in [0, 0.1) is 6.92 Å². The molecule has 0 unspecified atom stereocenters. The summed E-state index contributed by atoms with van der Waals surface area (Å²) in [7, 11) is 1.78. The van der Waals surface area contributed by atoms with Crippen LogP contribution in [0.4, 0.5) is 0 Å². The first-order valence-corrected chi connectivity index (χ1v) is 9.79. The van der Waals surface area contributed by atoms with Gasteiger partial charge in [-0.1, -0.05) is 31.2 Å². The van der Waals surface area contributed by atoms with Gasteiger partial charge in [0.15, 0.2) is 5.96 Å². The first-order valence-electron chi connectivity index (χ1n) is 9.79. The maximum absolute atomic E-state index is 5.52. The largest absolute Gasteiger partial charge is 0.478 e. The summed E-state index contributed by atoms with van der Waals surface area (Å²) >= 11 is 0. The van der Waals surface area contributed by atoms with Crippen molar-refractivity contribution < 1.29 is 4.74 Å². The van der Waals surface area contributed by atoms with Crippen molar-refractivity contribution in [3.8, 4) is 5.88 Å². The zero-order valence-corrected chi connectivity index (χ0v) is 16.9. The predicted molar refractivity (Wildman–Crippen MR) is 115 cm³/mol. The molecule has 0 aliphatic carbocycles. The SMILES string of the molecule is CCCOc1ccc(CNC(=NC)NCCc2c(C)[nH]c3ccccc23)cn1. The average Bonchev–Trinajstić information content (AvgIpc) is 3.05. The molecule has 0 saturated carbocycles. The van der Waals surface area contributed by atoms with Gasteiger partial charge in [-0.25, -0.2) is 4.98 Å². The second-order valence-corrected chi connectivity index (χ2v) is 6.73. The number of nitrogens with one attached hydrogen (secondary N) is 3. The Balaban J connectivity index is 1.49. The Hall–Kier alpha value is -3.02. The Morgan fingerprint density at radius 1 is 1.18 bits per heavy atom. The molecule has 0 aliphatic heterocycles. The third-order valence-corrected chi connectivity index (χ3v) is 4.63. The van der Waals surface area contributed by atoms with Crippen LogP contribution in [0.2, 0.25) is 0 Å². The lowest BCUT2D eigenvalue weighted by molar-refractivity contribution is 0.305. The Bertz CT molecular complexity index is 914. The van der Waals surface area contributed by atoms with Crippen molar-refractivity contribution in [2.75, 3.05) is 20.2 Å². The van der Waals surface area contributed by atoms with Gasteiger partial charge in [0.25, 0.3) is 0 Å². The first-order chi connectivity index (χ1) is 13.7. The van der Waals surface area contributed by atoms with E-state index in [1.165, 1.54) is 22.2 Å². The fraction of sp³-hybridized carbons (Fsp3) is 0.364. The lowest BCUT2D eigenvalue weighted by Crippen LogP contribution is -2.37. The summed E-state index contributed by atoms with van der Waals surface area (Å²) < 4.78 is 5.52. The molecule has 3 rings (SSSR count). The average molecular weight is 380 g/mol. The maximum atomic E-state index is 5.52. The Kier molecular flexibility index (Phi) is 6.89. The van der Waals surface area contributed by atoms with Crippen LogP contribution in [0.5, 0.6) is 5.88 Å². The highest BCUT2D eigenvalue weighted by molar-refractivity contribution is 5.84. The van der Waals surface area contributed by atoms with E-state index >= 15 is 0 Å². The van der Waals surface area contributed by atoms with E-state index in [-0.39, 0.29) is 0 Å². The molecule has 0 fully saturated rings. The Morgan fingerprint density at radius 3 is 2.79 bits per heavy atom. The molecule has 148 valence electrons. The van der Waals surface area contributed by atoms with E-state index < -0.39 is 0 Å². The molecule has 0 spiro atoms. The van der Waals surface area contributed by atoms with E-state index in [2.05, 4.69) is 63.7 Å². The second kappa shape index (κ2) is 9.78. The van der Waals surface area contributed by atoms with Crippen LogP contribution in [0.25, 0.3) is 10.9 Å². The number of para-hydroxylation sites is 1. The quantitative estimate of drug-likeness (QED) is 0.413. The number of pyridine rings is 1. The van der Waals surface area contributed by atoms with Crippen LogP contribution in [0.3, 0.4) is 0 Å². The van der Waals surface area contributed by atoms with Gasteiger partial charge in [0.2, 0.25) is 5.88 Å². The smallest absolute Gasteiger partial charge is 0.213 e. The highest BCUT2D eigenvalue weighted by Gasteiger charge is 2.08. The van der Waals surface area contributed by atoms with E-state index in [0.717, 1.165) is 30.9 Å².